The van der Waals surface area contributed by atoms with Gasteiger partial charge in [0.2, 0.25) is 10.0 Å². The smallest absolute Gasteiger partial charge is 0.246 e. The quantitative estimate of drug-likeness (QED) is 0.690. The fourth-order valence-corrected chi connectivity index (χ4v) is 5.01. The Hall–Kier alpha value is -1.87. The van der Waals surface area contributed by atoms with Gasteiger partial charge in [0, 0.05) is 17.3 Å². The van der Waals surface area contributed by atoms with Gasteiger partial charge in [0.1, 0.15) is 11.6 Å². The maximum atomic E-state index is 13.8. The van der Waals surface area contributed by atoms with Crippen molar-refractivity contribution < 1.29 is 17.2 Å². The van der Waals surface area contributed by atoms with Crippen molar-refractivity contribution in [2.75, 3.05) is 20.6 Å². The van der Waals surface area contributed by atoms with Crippen LogP contribution < -0.4 is 4.72 Å². The second kappa shape index (κ2) is 7.40. The molecule has 4 nitrogen and oxygen atoms in total. The van der Waals surface area contributed by atoms with Gasteiger partial charge in [-0.25, -0.2) is 21.9 Å². The lowest BCUT2D eigenvalue weighted by Crippen LogP contribution is -2.35. The summed E-state index contributed by atoms with van der Waals surface area (Å²) in [6.45, 7) is -0.0101. The van der Waals surface area contributed by atoms with E-state index >= 15 is 0 Å². The molecule has 3 rings (SSSR count). The van der Waals surface area contributed by atoms with E-state index in [1.165, 1.54) is 0 Å². The van der Waals surface area contributed by atoms with Crippen LogP contribution in [0.25, 0.3) is 10.1 Å². The van der Waals surface area contributed by atoms with E-state index in [0.29, 0.717) is 0 Å². The van der Waals surface area contributed by atoms with Gasteiger partial charge in [-0.3, -0.25) is 0 Å². The van der Waals surface area contributed by atoms with Gasteiger partial charge in [0.05, 0.1) is 0 Å². The number of sulfonamides is 1. The molecule has 0 fully saturated rings. The van der Waals surface area contributed by atoms with Crippen molar-refractivity contribution >= 4 is 31.4 Å². The van der Waals surface area contributed by atoms with E-state index < -0.39 is 26.6 Å². The number of hydrogen-bond acceptors (Lipinski definition) is 4. The van der Waals surface area contributed by atoms with E-state index in [4.69, 9.17) is 0 Å². The molecule has 0 amide bonds. The number of halogens is 2. The minimum absolute atomic E-state index is 0.0101. The van der Waals surface area contributed by atoms with E-state index in [0.717, 1.165) is 33.8 Å². The van der Waals surface area contributed by atoms with Gasteiger partial charge in [-0.15, -0.1) is 11.3 Å². The van der Waals surface area contributed by atoms with Crippen molar-refractivity contribution in [2.45, 2.75) is 10.9 Å². The Balaban J connectivity index is 1.90. The second-order valence-electron chi connectivity index (χ2n) is 6.07. The topological polar surface area (TPSA) is 49.4 Å². The first-order valence-corrected chi connectivity index (χ1v) is 10.2. The van der Waals surface area contributed by atoms with Crippen molar-refractivity contribution in [1.29, 1.82) is 0 Å². The monoisotopic (exact) mass is 396 g/mol. The van der Waals surface area contributed by atoms with E-state index in [1.54, 1.807) is 11.3 Å². The predicted octanol–water partition coefficient (Wildman–Crippen LogP) is 3.76. The number of rotatable bonds is 6. The molecule has 1 N–H and O–H groups in total. The number of nitrogens with zero attached hydrogens (tertiary/aromatic N) is 1. The Labute approximate surface area is 155 Å². The molecule has 8 heteroatoms. The lowest BCUT2D eigenvalue weighted by atomic mass is 10.1. The molecule has 0 spiro atoms. The minimum Gasteiger partial charge on any atom is -0.301 e. The number of fused-ring (bicyclic) bond motifs is 1. The molecule has 0 saturated carbocycles. The first kappa shape index (κ1) is 18.9. The zero-order chi connectivity index (χ0) is 18.9. The number of thiophene rings is 1. The maximum Gasteiger partial charge on any atom is 0.246 e. The zero-order valence-electron chi connectivity index (χ0n) is 14.2. The lowest BCUT2D eigenvalue weighted by molar-refractivity contribution is 0.301. The highest BCUT2D eigenvalue weighted by Gasteiger charge is 2.26. The van der Waals surface area contributed by atoms with Gasteiger partial charge in [0.25, 0.3) is 0 Å². The number of benzene rings is 2. The largest absolute Gasteiger partial charge is 0.301 e. The van der Waals surface area contributed by atoms with Crippen molar-refractivity contribution in [3.05, 3.63) is 65.0 Å². The zero-order valence-corrected chi connectivity index (χ0v) is 15.9. The van der Waals surface area contributed by atoms with Crippen LogP contribution in [0, 0.1) is 11.6 Å². The third kappa shape index (κ3) is 3.64. The molecule has 1 aromatic heterocycles. The highest BCUT2D eigenvalue weighted by molar-refractivity contribution is 7.89. The fraction of sp³-hybridized carbons (Fsp3) is 0.222. The van der Waals surface area contributed by atoms with Crippen LogP contribution >= 0.6 is 11.3 Å². The van der Waals surface area contributed by atoms with Gasteiger partial charge >= 0.3 is 0 Å². The maximum absolute atomic E-state index is 13.8. The van der Waals surface area contributed by atoms with Crippen LogP contribution in [0.2, 0.25) is 0 Å². The summed E-state index contributed by atoms with van der Waals surface area (Å²) in [5, 5.41) is 3.01. The van der Waals surface area contributed by atoms with Gasteiger partial charge in [0.15, 0.2) is 4.90 Å². The third-order valence-corrected chi connectivity index (χ3v) is 6.60. The summed E-state index contributed by atoms with van der Waals surface area (Å²) < 4.78 is 56.0. The van der Waals surface area contributed by atoms with Gasteiger partial charge in [-0.2, -0.15) is 0 Å². The van der Waals surface area contributed by atoms with Crippen LogP contribution in [-0.2, 0) is 10.0 Å². The Morgan fingerprint density at radius 2 is 1.73 bits per heavy atom. The van der Waals surface area contributed by atoms with Crippen LogP contribution in [0.1, 0.15) is 11.6 Å². The van der Waals surface area contributed by atoms with Crippen molar-refractivity contribution in [2.24, 2.45) is 0 Å². The van der Waals surface area contributed by atoms with Crippen LogP contribution in [0.15, 0.2) is 52.7 Å². The molecule has 0 aliphatic rings. The van der Waals surface area contributed by atoms with Crippen molar-refractivity contribution in [1.82, 2.24) is 9.62 Å². The molecule has 0 bridgehead atoms. The molecule has 3 aromatic rings. The fourth-order valence-electron chi connectivity index (χ4n) is 2.83. The molecule has 138 valence electrons. The Kier molecular flexibility index (Phi) is 5.38. The number of likely N-dealkylation sites (N-methyl/N-ethyl adjacent to an activating group) is 1. The molecule has 0 radical (unpaired) electrons. The molecule has 1 heterocycles. The first-order valence-electron chi connectivity index (χ1n) is 7.87. The molecule has 26 heavy (non-hydrogen) atoms. The van der Waals surface area contributed by atoms with E-state index in [-0.39, 0.29) is 12.6 Å². The van der Waals surface area contributed by atoms with E-state index in [2.05, 4.69) is 4.72 Å². The molecular formula is C18H18F2N2O2S2. The van der Waals surface area contributed by atoms with Gasteiger partial charge < -0.3 is 4.90 Å². The van der Waals surface area contributed by atoms with Gasteiger partial charge in [-0.1, -0.05) is 24.3 Å². The summed E-state index contributed by atoms with van der Waals surface area (Å²) in [4.78, 5) is 0.919. The summed E-state index contributed by atoms with van der Waals surface area (Å²) >= 11 is 1.57. The lowest BCUT2D eigenvalue weighted by Gasteiger charge is -2.24. The Bertz CT molecular complexity index is 1010. The second-order valence-corrected chi connectivity index (χ2v) is 8.68. The van der Waals surface area contributed by atoms with Crippen LogP contribution in [0.3, 0.4) is 0 Å². The molecule has 0 saturated heterocycles. The molecule has 1 atom stereocenters. The third-order valence-electron chi connectivity index (χ3n) is 4.15. The highest BCUT2D eigenvalue weighted by atomic mass is 32.2. The van der Waals surface area contributed by atoms with Gasteiger partial charge in [-0.05, 0) is 48.6 Å². The number of nitrogens with one attached hydrogen (secondary N) is 1. The van der Waals surface area contributed by atoms with Crippen molar-refractivity contribution in [3.63, 3.8) is 0 Å². The number of hydrogen-bond donors (Lipinski definition) is 1. The van der Waals surface area contributed by atoms with Crippen LogP contribution in [0.4, 0.5) is 8.78 Å². The van der Waals surface area contributed by atoms with Crippen LogP contribution in [0.5, 0.6) is 0 Å². The molecule has 0 unspecified atom stereocenters. The average molecular weight is 396 g/mol. The Morgan fingerprint density at radius 3 is 2.38 bits per heavy atom. The first-order chi connectivity index (χ1) is 12.3. The predicted molar refractivity (Wildman–Crippen MR) is 99.8 cm³/mol. The highest BCUT2D eigenvalue weighted by Crippen LogP contribution is 2.32. The van der Waals surface area contributed by atoms with Crippen molar-refractivity contribution in [3.8, 4) is 0 Å². The summed E-state index contributed by atoms with van der Waals surface area (Å²) in [6, 6.07) is 10.5. The molecule has 2 aromatic carbocycles. The minimum atomic E-state index is -4.32. The molecule has 0 aliphatic carbocycles. The SMILES string of the molecule is CN(C)[C@@H](CNS(=O)(=O)c1c(F)cccc1F)c1csc2ccccc12. The Morgan fingerprint density at radius 1 is 1.08 bits per heavy atom. The molecular weight excluding hydrogens is 378 g/mol. The van der Waals surface area contributed by atoms with E-state index in [1.807, 2.05) is 48.6 Å². The van der Waals surface area contributed by atoms with Crippen LogP contribution in [-0.4, -0.2) is 34.0 Å². The standard InChI is InChI=1S/C18H18F2N2O2S2/c1-22(2)16(13-11-25-17-9-4-3-6-12(13)17)10-21-26(23,24)18-14(19)7-5-8-15(18)20/h3-9,11,16,21H,10H2,1-2H3/t16-/m0/s1. The summed E-state index contributed by atoms with van der Waals surface area (Å²) in [6.07, 6.45) is 0. The average Bonchev–Trinajstić information content (AvgIpc) is 2.98. The molecule has 0 aliphatic heterocycles. The summed E-state index contributed by atoms with van der Waals surface area (Å²) in [5.74, 6) is -2.22. The van der Waals surface area contributed by atoms with E-state index in [9.17, 15) is 17.2 Å². The normalized spacial score (nSPS) is 13.4. The summed E-state index contributed by atoms with van der Waals surface area (Å²) in [7, 11) is -0.661. The summed E-state index contributed by atoms with van der Waals surface area (Å²) in [5.41, 5.74) is 0.965.